The van der Waals surface area contributed by atoms with Gasteiger partial charge in [-0.15, -0.1) is 0 Å². The highest BCUT2D eigenvalue weighted by Crippen LogP contribution is 2.02. The molecule has 0 aliphatic carbocycles. The highest BCUT2D eigenvalue weighted by Gasteiger charge is 2.24. The number of amides is 2. The van der Waals surface area contributed by atoms with Crippen LogP contribution in [0.5, 0.6) is 0 Å². The normalized spacial score (nSPS) is 11.8. The van der Waals surface area contributed by atoms with Gasteiger partial charge in [-0.3, -0.25) is 9.59 Å². The van der Waals surface area contributed by atoms with Crippen molar-refractivity contribution in [3.05, 3.63) is 0 Å². The van der Waals surface area contributed by atoms with Crippen LogP contribution in [0.4, 0.5) is 0 Å². The molecule has 0 aliphatic heterocycles. The van der Waals surface area contributed by atoms with Crippen LogP contribution in [0.1, 0.15) is 13.8 Å². The van der Waals surface area contributed by atoms with Crippen LogP contribution in [0.25, 0.3) is 0 Å². The third-order valence-electron chi connectivity index (χ3n) is 2.07. The van der Waals surface area contributed by atoms with Crippen molar-refractivity contribution in [1.29, 1.82) is 0 Å². The van der Waals surface area contributed by atoms with Gasteiger partial charge in [0, 0.05) is 0 Å². The van der Waals surface area contributed by atoms with Crippen LogP contribution in [0.15, 0.2) is 0 Å². The molecule has 1 atom stereocenters. The summed E-state index contributed by atoms with van der Waals surface area (Å²) >= 11 is 0. The first-order chi connectivity index (χ1) is 7.92. The maximum atomic E-state index is 11.4. The molecule has 0 fully saturated rings. The third-order valence-corrected chi connectivity index (χ3v) is 2.07. The lowest BCUT2D eigenvalue weighted by atomic mass is 10.0. The number of hydrogen-bond donors (Lipinski definition) is 3. The average molecular weight is 245 g/mol. The quantitative estimate of drug-likeness (QED) is 0.487. The van der Waals surface area contributed by atoms with Gasteiger partial charge in [0.25, 0.3) is 0 Å². The predicted octanol–water partition coefficient (Wildman–Crippen LogP) is -1.62. The van der Waals surface area contributed by atoms with Crippen LogP contribution in [0.3, 0.4) is 0 Å². The van der Waals surface area contributed by atoms with Gasteiger partial charge in [-0.25, -0.2) is 4.79 Å². The Morgan fingerprint density at radius 3 is 2.24 bits per heavy atom. The Morgan fingerprint density at radius 2 is 1.82 bits per heavy atom. The number of nitrogens with one attached hydrogen (secondary N) is 2. The van der Waals surface area contributed by atoms with Gasteiger partial charge in [0.2, 0.25) is 11.8 Å². The van der Waals surface area contributed by atoms with Crippen LogP contribution >= 0.6 is 0 Å². The largest absolute Gasteiger partial charge is 0.467 e. The maximum Gasteiger partial charge on any atom is 0.328 e. The van der Waals surface area contributed by atoms with E-state index in [4.69, 9.17) is 5.73 Å². The first-order valence-electron chi connectivity index (χ1n) is 5.26. The SMILES string of the molecule is COC(=O)[C@@H](NC(=O)CNC(=O)CN)C(C)C. The molecule has 0 spiro atoms. The number of hydrogen-bond acceptors (Lipinski definition) is 5. The van der Waals surface area contributed by atoms with E-state index in [9.17, 15) is 14.4 Å². The smallest absolute Gasteiger partial charge is 0.328 e. The van der Waals surface area contributed by atoms with Gasteiger partial charge in [-0.05, 0) is 5.92 Å². The Bertz CT molecular complexity index is 291. The molecule has 7 heteroatoms. The molecule has 0 aromatic carbocycles. The molecule has 0 saturated carbocycles. The van der Waals surface area contributed by atoms with E-state index in [0.29, 0.717) is 0 Å². The molecule has 7 nitrogen and oxygen atoms in total. The van der Waals surface area contributed by atoms with E-state index < -0.39 is 23.8 Å². The lowest BCUT2D eigenvalue weighted by Crippen LogP contribution is -2.49. The monoisotopic (exact) mass is 245 g/mol. The number of nitrogens with two attached hydrogens (primary N) is 1. The minimum absolute atomic E-state index is 0.100. The number of carbonyl (C=O) groups is 3. The molecule has 0 aliphatic rings. The number of ether oxygens (including phenoxy) is 1. The van der Waals surface area contributed by atoms with Gasteiger partial charge in [-0.2, -0.15) is 0 Å². The lowest BCUT2D eigenvalue weighted by Gasteiger charge is -2.19. The minimum atomic E-state index is -0.720. The zero-order valence-electron chi connectivity index (χ0n) is 10.3. The summed E-state index contributed by atoms with van der Waals surface area (Å²) in [7, 11) is 1.25. The Kier molecular flexibility index (Phi) is 6.88. The van der Waals surface area contributed by atoms with Crippen molar-refractivity contribution < 1.29 is 19.1 Å². The number of esters is 1. The summed E-state index contributed by atoms with van der Waals surface area (Å²) in [6.45, 7) is 3.16. The van der Waals surface area contributed by atoms with E-state index in [0.717, 1.165) is 0 Å². The molecule has 98 valence electrons. The van der Waals surface area contributed by atoms with Crippen molar-refractivity contribution in [2.45, 2.75) is 19.9 Å². The number of methoxy groups -OCH3 is 1. The van der Waals surface area contributed by atoms with E-state index in [2.05, 4.69) is 15.4 Å². The van der Waals surface area contributed by atoms with Crippen molar-refractivity contribution >= 4 is 17.8 Å². The van der Waals surface area contributed by atoms with Crippen molar-refractivity contribution in [2.24, 2.45) is 11.7 Å². The molecule has 2 amide bonds. The molecule has 0 aromatic rings. The van der Waals surface area contributed by atoms with E-state index in [1.807, 2.05) is 0 Å². The summed E-state index contributed by atoms with van der Waals surface area (Å²) in [5, 5.41) is 4.78. The first-order valence-corrected chi connectivity index (χ1v) is 5.26. The van der Waals surface area contributed by atoms with Crippen LogP contribution in [-0.4, -0.2) is 44.0 Å². The molecule has 17 heavy (non-hydrogen) atoms. The fraction of sp³-hybridized carbons (Fsp3) is 0.700. The van der Waals surface area contributed by atoms with Gasteiger partial charge in [0.05, 0.1) is 20.2 Å². The zero-order chi connectivity index (χ0) is 13.4. The van der Waals surface area contributed by atoms with Crippen molar-refractivity contribution in [1.82, 2.24) is 10.6 Å². The summed E-state index contributed by atoms with van der Waals surface area (Å²) in [6, 6.07) is -0.720. The van der Waals surface area contributed by atoms with Gasteiger partial charge < -0.3 is 21.1 Å². The molecule has 0 bridgehead atoms. The van der Waals surface area contributed by atoms with E-state index in [-0.39, 0.29) is 19.0 Å². The number of carbonyl (C=O) groups excluding carboxylic acids is 3. The highest BCUT2D eigenvalue weighted by atomic mass is 16.5. The second kappa shape index (κ2) is 7.61. The standard InChI is InChI=1S/C10H19N3O4/c1-6(2)9(10(16)17-3)13-8(15)5-12-7(14)4-11/h6,9H,4-5,11H2,1-3H3,(H,12,14)(H,13,15)/t9-/m0/s1. The van der Waals surface area contributed by atoms with Gasteiger partial charge >= 0.3 is 5.97 Å². The topological polar surface area (TPSA) is 111 Å². The van der Waals surface area contributed by atoms with E-state index in [1.54, 1.807) is 13.8 Å². The molecule has 0 heterocycles. The van der Waals surface area contributed by atoms with Crippen molar-refractivity contribution in [3.63, 3.8) is 0 Å². The van der Waals surface area contributed by atoms with Crippen molar-refractivity contribution in [2.75, 3.05) is 20.2 Å². The third kappa shape index (κ3) is 5.86. The lowest BCUT2D eigenvalue weighted by molar-refractivity contribution is -0.146. The Hall–Kier alpha value is -1.63. The van der Waals surface area contributed by atoms with Crippen LogP contribution in [0.2, 0.25) is 0 Å². The molecule has 0 saturated heterocycles. The molecule has 0 rings (SSSR count). The first kappa shape index (κ1) is 15.4. The van der Waals surface area contributed by atoms with E-state index >= 15 is 0 Å². The minimum Gasteiger partial charge on any atom is -0.467 e. The Labute approximate surface area is 100 Å². The maximum absolute atomic E-state index is 11.4. The summed E-state index contributed by atoms with van der Waals surface area (Å²) < 4.78 is 4.56. The van der Waals surface area contributed by atoms with Crippen LogP contribution in [0, 0.1) is 5.92 Å². The molecule has 0 radical (unpaired) electrons. The average Bonchev–Trinajstić information content (AvgIpc) is 2.31. The summed E-state index contributed by atoms with van der Waals surface area (Å²) in [5.74, 6) is -1.51. The highest BCUT2D eigenvalue weighted by molar-refractivity contribution is 5.88. The fourth-order valence-corrected chi connectivity index (χ4v) is 1.10. The van der Waals surface area contributed by atoms with Gasteiger partial charge in [0.15, 0.2) is 0 Å². The van der Waals surface area contributed by atoms with Crippen LogP contribution < -0.4 is 16.4 Å². The Morgan fingerprint density at radius 1 is 1.24 bits per heavy atom. The Balaban J connectivity index is 4.22. The molecular weight excluding hydrogens is 226 g/mol. The van der Waals surface area contributed by atoms with Crippen molar-refractivity contribution in [3.8, 4) is 0 Å². The van der Waals surface area contributed by atoms with Gasteiger partial charge in [0.1, 0.15) is 6.04 Å². The second-order valence-electron chi connectivity index (χ2n) is 3.79. The molecule has 4 N–H and O–H groups in total. The number of rotatable bonds is 6. The zero-order valence-corrected chi connectivity index (χ0v) is 10.3. The summed E-state index contributed by atoms with van der Waals surface area (Å²) in [4.78, 5) is 33.6. The predicted molar refractivity (Wildman–Crippen MR) is 60.8 cm³/mol. The molecular formula is C10H19N3O4. The molecule has 0 unspecified atom stereocenters. The van der Waals surface area contributed by atoms with E-state index in [1.165, 1.54) is 7.11 Å². The fourth-order valence-electron chi connectivity index (χ4n) is 1.10. The van der Waals surface area contributed by atoms with Gasteiger partial charge in [-0.1, -0.05) is 13.8 Å². The molecule has 0 aromatic heterocycles. The summed E-state index contributed by atoms with van der Waals surface area (Å²) in [6.07, 6.45) is 0. The van der Waals surface area contributed by atoms with Crippen LogP contribution in [-0.2, 0) is 19.1 Å². The summed E-state index contributed by atoms with van der Waals surface area (Å²) in [5.41, 5.74) is 5.06. The second-order valence-corrected chi connectivity index (χ2v) is 3.79.